The zero-order chi connectivity index (χ0) is 13.0. The SMILES string of the molecule is Cc1cc(O)ccc1C(=O)NCC1CCCCS1. The van der Waals surface area contributed by atoms with E-state index in [-0.39, 0.29) is 11.7 Å². The summed E-state index contributed by atoms with van der Waals surface area (Å²) >= 11 is 1.95. The molecular formula is C14H19NO2S. The number of hydrogen-bond donors (Lipinski definition) is 2. The molecule has 0 spiro atoms. The highest BCUT2D eigenvalue weighted by molar-refractivity contribution is 7.99. The van der Waals surface area contributed by atoms with E-state index in [0.29, 0.717) is 10.8 Å². The predicted molar refractivity (Wildman–Crippen MR) is 75.3 cm³/mol. The molecule has 1 aromatic carbocycles. The van der Waals surface area contributed by atoms with Gasteiger partial charge in [0.1, 0.15) is 5.75 Å². The first kappa shape index (κ1) is 13.3. The average molecular weight is 265 g/mol. The van der Waals surface area contributed by atoms with Gasteiger partial charge in [0.15, 0.2) is 0 Å². The van der Waals surface area contributed by atoms with E-state index in [4.69, 9.17) is 0 Å². The van der Waals surface area contributed by atoms with Crippen molar-refractivity contribution in [2.45, 2.75) is 31.4 Å². The lowest BCUT2D eigenvalue weighted by molar-refractivity contribution is 0.0953. The molecular weight excluding hydrogens is 246 g/mol. The lowest BCUT2D eigenvalue weighted by Crippen LogP contribution is -2.32. The average Bonchev–Trinajstić information content (AvgIpc) is 2.37. The van der Waals surface area contributed by atoms with Crippen molar-refractivity contribution in [2.75, 3.05) is 12.3 Å². The predicted octanol–water partition coefficient (Wildman–Crippen LogP) is 2.72. The Kier molecular flexibility index (Phi) is 4.53. The van der Waals surface area contributed by atoms with Crippen LogP contribution in [0, 0.1) is 6.92 Å². The first-order chi connectivity index (χ1) is 8.66. The number of nitrogens with one attached hydrogen (secondary N) is 1. The van der Waals surface area contributed by atoms with Crippen LogP contribution in [0.5, 0.6) is 5.75 Å². The van der Waals surface area contributed by atoms with Crippen LogP contribution in [-0.2, 0) is 0 Å². The van der Waals surface area contributed by atoms with Crippen LogP contribution in [0.1, 0.15) is 35.2 Å². The molecule has 18 heavy (non-hydrogen) atoms. The van der Waals surface area contributed by atoms with Gasteiger partial charge in [-0.15, -0.1) is 0 Å². The van der Waals surface area contributed by atoms with Crippen LogP contribution in [0.4, 0.5) is 0 Å². The summed E-state index contributed by atoms with van der Waals surface area (Å²) in [5, 5.41) is 12.9. The van der Waals surface area contributed by atoms with Gasteiger partial charge in [-0.25, -0.2) is 0 Å². The number of carbonyl (C=O) groups excluding carboxylic acids is 1. The number of aryl methyl sites for hydroxylation is 1. The van der Waals surface area contributed by atoms with Gasteiger partial charge in [-0.2, -0.15) is 11.8 Å². The molecule has 3 nitrogen and oxygen atoms in total. The Bertz CT molecular complexity index is 428. The second-order valence-electron chi connectivity index (χ2n) is 4.70. The summed E-state index contributed by atoms with van der Waals surface area (Å²) in [6, 6.07) is 4.84. The molecule has 1 fully saturated rings. The number of rotatable bonds is 3. The van der Waals surface area contributed by atoms with Gasteiger partial charge in [-0.3, -0.25) is 4.79 Å². The van der Waals surface area contributed by atoms with E-state index < -0.39 is 0 Å². The Balaban J connectivity index is 1.90. The van der Waals surface area contributed by atoms with E-state index in [1.807, 2.05) is 18.7 Å². The Morgan fingerprint density at radius 3 is 3.00 bits per heavy atom. The van der Waals surface area contributed by atoms with Crippen LogP contribution in [-0.4, -0.2) is 28.6 Å². The van der Waals surface area contributed by atoms with Gasteiger partial charge in [-0.05, 0) is 49.3 Å². The van der Waals surface area contributed by atoms with Crippen molar-refractivity contribution in [2.24, 2.45) is 0 Å². The van der Waals surface area contributed by atoms with E-state index in [1.165, 1.54) is 25.0 Å². The van der Waals surface area contributed by atoms with Gasteiger partial charge in [0.25, 0.3) is 5.91 Å². The second kappa shape index (κ2) is 6.14. The molecule has 0 aliphatic carbocycles. The summed E-state index contributed by atoms with van der Waals surface area (Å²) in [5.41, 5.74) is 1.46. The maximum Gasteiger partial charge on any atom is 0.251 e. The van der Waals surface area contributed by atoms with Gasteiger partial charge in [0.2, 0.25) is 0 Å². The van der Waals surface area contributed by atoms with E-state index in [0.717, 1.165) is 12.1 Å². The minimum atomic E-state index is -0.0429. The lowest BCUT2D eigenvalue weighted by Gasteiger charge is -2.21. The molecule has 2 N–H and O–H groups in total. The van der Waals surface area contributed by atoms with E-state index in [9.17, 15) is 9.90 Å². The number of amides is 1. The van der Waals surface area contributed by atoms with Crippen molar-refractivity contribution in [3.63, 3.8) is 0 Å². The summed E-state index contributed by atoms with van der Waals surface area (Å²) in [5.74, 6) is 1.37. The molecule has 98 valence electrons. The molecule has 0 aromatic heterocycles. The summed E-state index contributed by atoms with van der Waals surface area (Å²) in [7, 11) is 0. The monoisotopic (exact) mass is 265 g/mol. The minimum Gasteiger partial charge on any atom is -0.508 e. The Morgan fingerprint density at radius 1 is 1.50 bits per heavy atom. The molecule has 1 unspecified atom stereocenters. The normalized spacial score (nSPS) is 19.5. The maximum atomic E-state index is 12.0. The van der Waals surface area contributed by atoms with Crippen molar-refractivity contribution < 1.29 is 9.90 Å². The van der Waals surface area contributed by atoms with Crippen LogP contribution in [0.15, 0.2) is 18.2 Å². The number of thioether (sulfide) groups is 1. The Labute approximate surface area is 112 Å². The van der Waals surface area contributed by atoms with Gasteiger partial charge in [0, 0.05) is 17.4 Å². The Morgan fingerprint density at radius 2 is 2.33 bits per heavy atom. The second-order valence-corrected chi connectivity index (χ2v) is 6.11. The largest absolute Gasteiger partial charge is 0.508 e. The molecule has 1 amide bonds. The number of hydrogen-bond acceptors (Lipinski definition) is 3. The molecule has 4 heteroatoms. The highest BCUT2D eigenvalue weighted by Crippen LogP contribution is 2.24. The first-order valence-corrected chi connectivity index (χ1v) is 7.41. The van der Waals surface area contributed by atoms with Gasteiger partial charge in [0.05, 0.1) is 0 Å². The summed E-state index contributed by atoms with van der Waals surface area (Å²) < 4.78 is 0. The van der Waals surface area contributed by atoms with Crippen molar-refractivity contribution in [1.29, 1.82) is 0 Å². The fourth-order valence-corrected chi connectivity index (χ4v) is 3.41. The van der Waals surface area contributed by atoms with Crippen molar-refractivity contribution in [3.8, 4) is 5.75 Å². The van der Waals surface area contributed by atoms with Crippen molar-refractivity contribution in [1.82, 2.24) is 5.32 Å². The number of phenols is 1. The highest BCUT2D eigenvalue weighted by atomic mass is 32.2. The first-order valence-electron chi connectivity index (χ1n) is 6.36. The smallest absolute Gasteiger partial charge is 0.251 e. The number of aromatic hydroxyl groups is 1. The fraction of sp³-hybridized carbons (Fsp3) is 0.500. The van der Waals surface area contributed by atoms with Crippen molar-refractivity contribution >= 4 is 17.7 Å². The Hall–Kier alpha value is -1.16. The fourth-order valence-electron chi connectivity index (χ4n) is 2.17. The zero-order valence-corrected chi connectivity index (χ0v) is 11.4. The third-order valence-electron chi connectivity index (χ3n) is 3.22. The molecule has 1 aliphatic heterocycles. The summed E-state index contributed by atoms with van der Waals surface area (Å²) in [6.07, 6.45) is 3.76. The van der Waals surface area contributed by atoms with Crippen LogP contribution >= 0.6 is 11.8 Å². The molecule has 1 heterocycles. The molecule has 0 radical (unpaired) electrons. The van der Waals surface area contributed by atoms with E-state index in [2.05, 4.69) is 5.32 Å². The molecule has 1 atom stereocenters. The summed E-state index contributed by atoms with van der Waals surface area (Å²) in [6.45, 7) is 2.58. The van der Waals surface area contributed by atoms with Crippen LogP contribution < -0.4 is 5.32 Å². The minimum absolute atomic E-state index is 0.0429. The van der Waals surface area contributed by atoms with Gasteiger partial charge in [-0.1, -0.05) is 6.42 Å². The topological polar surface area (TPSA) is 49.3 Å². The lowest BCUT2D eigenvalue weighted by atomic mass is 10.1. The number of phenolic OH excluding ortho intramolecular Hbond substituents is 1. The van der Waals surface area contributed by atoms with Crippen molar-refractivity contribution in [3.05, 3.63) is 29.3 Å². The zero-order valence-electron chi connectivity index (χ0n) is 10.6. The quantitative estimate of drug-likeness (QED) is 0.883. The summed E-state index contributed by atoms with van der Waals surface area (Å²) in [4.78, 5) is 12.0. The molecule has 1 aromatic rings. The van der Waals surface area contributed by atoms with E-state index >= 15 is 0 Å². The van der Waals surface area contributed by atoms with Gasteiger partial charge < -0.3 is 10.4 Å². The molecule has 1 aliphatic rings. The molecule has 0 bridgehead atoms. The third-order valence-corrected chi connectivity index (χ3v) is 4.62. The number of benzene rings is 1. The van der Waals surface area contributed by atoms with Crippen LogP contribution in [0.3, 0.4) is 0 Å². The standard InChI is InChI=1S/C14H19NO2S/c1-10-8-11(16)5-6-13(10)14(17)15-9-12-4-2-3-7-18-12/h5-6,8,12,16H,2-4,7,9H2,1H3,(H,15,17). The number of carbonyl (C=O) groups is 1. The van der Waals surface area contributed by atoms with Gasteiger partial charge >= 0.3 is 0 Å². The van der Waals surface area contributed by atoms with E-state index in [1.54, 1.807) is 18.2 Å². The highest BCUT2D eigenvalue weighted by Gasteiger charge is 2.16. The molecule has 2 rings (SSSR count). The van der Waals surface area contributed by atoms with Crippen LogP contribution in [0.2, 0.25) is 0 Å². The molecule has 0 saturated carbocycles. The maximum absolute atomic E-state index is 12.0. The molecule has 1 saturated heterocycles. The van der Waals surface area contributed by atoms with Crippen LogP contribution in [0.25, 0.3) is 0 Å². The third kappa shape index (κ3) is 3.42.